The average Bonchev–Trinajstić information content (AvgIpc) is 1.60. The largest absolute Gasteiger partial charge is 0.512 e. The fourth-order valence-corrected chi connectivity index (χ4v) is 11.8. The number of carboxylic acids is 1. The molecule has 8 heterocycles. The number of hydrogen-bond donors (Lipinski definition) is 3. The van der Waals surface area contributed by atoms with Crippen LogP contribution in [0.15, 0.2) is 352 Å². The van der Waals surface area contributed by atoms with Crippen LogP contribution in [0.2, 0.25) is 0 Å². The van der Waals surface area contributed by atoms with Crippen molar-refractivity contribution in [1.29, 1.82) is 0 Å². The number of rotatable bonds is 14. The molecule has 654 valence electrons. The maximum atomic E-state index is 10.1. The Hall–Kier alpha value is -10.6. The second-order valence-electron chi connectivity index (χ2n) is 28.1. The van der Waals surface area contributed by atoms with E-state index in [1.807, 2.05) is 201 Å². The van der Waals surface area contributed by atoms with E-state index in [1.165, 1.54) is 102 Å². The number of pyridine rings is 7. The number of fused-ring (bicyclic) bond motifs is 3. The summed E-state index contributed by atoms with van der Waals surface area (Å²) in [6.45, 7) is 21.8. The van der Waals surface area contributed by atoms with E-state index in [1.54, 1.807) is 24.5 Å². The Balaban J connectivity index is 0.000000486. The van der Waals surface area contributed by atoms with Crippen molar-refractivity contribution in [2.24, 2.45) is 11.8 Å². The van der Waals surface area contributed by atoms with Crippen LogP contribution in [-0.4, -0.2) is 72.3 Å². The molecule has 0 unspecified atom stereocenters. The number of aliphatic hydroxyl groups excluding tert-OH is 2. The van der Waals surface area contributed by atoms with Gasteiger partial charge in [-0.3, -0.25) is 9.59 Å². The molecule has 0 spiro atoms. The Morgan fingerprint density at radius 2 is 0.840 bits per heavy atom. The zero-order valence-electron chi connectivity index (χ0n) is 71.0. The molecule has 0 saturated carbocycles. The normalized spacial score (nSPS) is 9.99. The molecule has 3 N–H and O–H groups in total. The second-order valence-corrected chi connectivity index (χ2v) is 28.1. The van der Waals surface area contributed by atoms with Crippen molar-refractivity contribution < 1.29 is 150 Å². The number of aromatic carboxylic acids is 1. The number of para-hydroxylation sites is 1. The first-order valence-corrected chi connectivity index (χ1v) is 38.9. The molecule has 8 aromatic heterocycles. The van der Waals surface area contributed by atoms with Crippen LogP contribution >= 0.6 is 0 Å². The van der Waals surface area contributed by atoms with Gasteiger partial charge in [-0.1, -0.05) is 166 Å². The van der Waals surface area contributed by atoms with E-state index in [0.29, 0.717) is 11.8 Å². The first kappa shape index (κ1) is 110. The summed E-state index contributed by atoms with van der Waals surface area (Å²) in [5.41, 5.74) is 22.0. The second kappa shape index (κ2) is 60.9. The van der Waals surface area contributed by atoms with Gasteiger partial charge < -0.3 is 49.8 Å². The SMILES string of the molecule is CC(=O)C=C(C)O.CC(=O)C=C(C)O.CC(C)Cc1ccnc(-c2[c-]ccc(-c3ccccc3)c2)c1.CC(C)Cn1c2c[c-]c(-c3ccccn3)cc2c2ccccc21.Cc1cc[c-]c(-c2cccc(C)n2)c1.Cc1cccnc1-c1[c-]cccc1.O=C(O)c1ccccn1.[Ir].[Ir].[Ir].[Ir].[Ir].[Ir].[c-]1ccccc1-c1ccccn1.[c-]1ccccc1-c1ccccn1. The molecule has 14 nitrogen and oxygen atoms in total. The smallest absolute Gasteiger partial charge is 0.354 e. The fourth-order valence-electron chi connectivity index (χ4n) is 11.8. The van der Waals surface area contributed by atoms with Crippen LogP contribution in [0.4, 0.5) is 0 Å². The molecule has 0 saturated heterocycles. The summed E-state index contributed by atoms with van der Waals surface area (Å²) in [5, 5.41) is 27.6. The quantitative estimate of drug-likeness (QED) is 0.0527. The van der Waals surface area contributed by atoms with Gasteiger partial charge in [0.25, 0.3) is 0 Å². The van der Waals surface area contributed by atoms with Crippen molar-refractivity contribution in [1.82, 2.24) is 39.5 Å². The number of ketones is 2. The summed E-state index contributed by atoms with van der Waals surface area (Å²) in [6.07, 6.45) is 14.0. The van der Waals surface area contributed by atoms with Gasteiger partial charge >= 0.3 is 5.97 Å². The fraction of sp³-hybridized carbons (Fsp3) is 0.143. The first-order valence-electron chi connectivity index (χ1n) is 38.9. The van der Waals surface area contributed by atoms with E-state index in [2.05, 4.69) is 214 Å². The van der Waals surface area contributed by atoms with Crippen LogP contribution in [-0.2, 0) is 143 Å². The Morgan fingerprint density at radius 3 is 1.30 bits per heavy atom. The Bertz CT molecular complexity index is 5600. The first-order chi connectivity index (χ1) is 57.6. The third-order valence-electron chi connectivity index (χ3n) is 16.9. The molecule has 8 aromatic carbocycles. The summed E-state index contributed by atoms with van der Waals surface area (Å²) < 4.78 is 2.41. The number of carbonyl (C=O) groups is 3. The van der Waals surface area contributed by atoms with Crippen LogP contribution in [0, 0.1) is 69.0 Å². The predicted molar refractivity (Wildman–Crippen MR) is 482 cm³/mol. The average molecular weight is 2720 g/mol. The molecule has 0 aliphatic heterocycles. The molecule has 16 aromatic rings. The third-order valence-corrected chi connectivity index (χ3v) is 16.9. The van der Waals surface area contributed by atoms with Gasteiger partial charge in [0.05, 0.1) is 11.5 Å². The number of carboxylic acid groups (broad SMARTS) is 1. The molecular weight excluding hydrogens is 2620 g/mol. The molecule has 0 amide bonds. The molecule has 16 rings (SSSR count). The molecule has 0 aliphatic carbocycles. The maximum Gasteiger partial charge on any atom is 0.354 e. The summed E-state index contributed by atoms with van der Waals surface area (Å²) in [5.74, 6) is 0.134. The van der Waals surface area contributed by atoms with Crippen molar-refractivity contribution in [3.05, 3.63) is 417 Å². The van der Waals surface area contributed by atoms with Gasteiger partial charge in [0, 0.05) is 188 Å². The van der Waals surface area contributed by atoms with Gasteiger partial charge in [0.2, 0.25) is 0 Å². The number of allylic oxidation sites excluding steroid dienone is 4. The Kier molecular flexibility index (Phi) is 53.8. The number of carbonyl (C=O) groups excluding carboxylic acids is 2. The summed E-state index contributed by atoms with van der Waals surface area (Å²) in [7, 11) is 0. The van der Waals surface area contributed by atoms with E-state index in [0.717, 1.165) is 86.2 Å². The standard InChI is InChI=1S/C21H19N2.C21H20N.C13H12N.C12H10N.2C11H8N.C6H5NO2.2C5H8O2.6Ir/c1-15(2)14-23-20-9-4-3-7-17(20)18-13-16(10-11-21(18)23)19-8-5-6-12-22-19;1-16(2)13-17-11-12-22-21(14-17)20-10-6-9-19(15-20)18-7-4-3-5-8-18;1-10-5-3-7-12(9-10)13-8-4-6-11(2)14-13;1-10-6-5-9-13-12(10)11-7-3-2-4-8-11;2*1-2-6-10(7-3-1)11-8-4-5-9-12-11;8-6(9)5-3-1-2-4-7-5;2*1-4(6)3-5(2)7;;;;;;/h3-9,11-13,15H,14H2,1-2H3;3-9,11-12,14-16H,13H2,1-2H3;3-6,8-9H,1-2H3;2-7,9H,1H3;2*1-6,8-9H;1-4H,(H,8,9);2*3,6H,1-2H3;;;;;;/q6*-1;;;;;;;;;. The summed E-state index contributed by atoms with van der Waals surface area (Å²) >= 11 is 0. The van der Waals surface area contributed by atoms with Crippen LogP contribution in [0.25, 0.3) is 100 Å². The minimum Gasteiger partial charge on any atom is -0.512 e. The summed E-state index contributed by atoms with van der Waals surface area (Å²) in [4.78, 5) is 59.9. The monoisotopic (exact) mass is 2720 g/mol. The Morgan fingerprint density at radius 1 is 0.368 bits per heavy atom. The van der Waals surface area contributed by atoms with Crippen LogP contribution in [0.5, 0.6) is 0 Å². The number of aromatic nitrogens is 8. The van der Waals surface area contributed by atoms with Gasteiger partial charge in [-0.05, 0) is 165 Å². The van der Waals surface area contributed by atoms with Crippen LogP contribution < -0.4 is 0 Å². The molecule has 0 fully saturated rings. The summed E-state index contributed by atoms with van der Waals surface area (Å²) in [6, 6.07) is 115. The maximum absolute atomic E-state index is 10.1. The van der Waals surface area contributed by atoms with Crippen molar-refractivity contribution >= 4 is 39.3 Å². The van der Waals surface area contributed by atoms with Crippen LogP contribution in [0.1, 0.15) is 88.3 Å². The Labute approximate surface area is 817 Å². The van der Waals surface area contributed by atoms with Crippen molar-refractivity contribution in [2.45, 2.75) is 89.1 Å². The van der Waals surface area contributed by atoms with Gasteiger partial charge in [0.1, 0.15) is 5.69 Å². The molecule has 0 atom stereocenters. The van der Waals surface area contributed by atoms with E-state index in [-0.39, 0.29) is 149 Å². The molecule has 125 heavy (non-hydrogen) atoms. The van der Waals surface area contributed by atoms with E-state index < -0.39 is 5.97 Å². The molecular formula is C105H98Ir6N8O6-6. The number of aryl methyl sites for hydroxylation is 3. The van der Waals surface area contributed by atoms with E-state index >= 15 is 0 Å². The van der Waals surface area contributed by atoms with E-state index in [9.17, 15) is 14.4 Å². The number of nitrogens with zero attached hydrogens (tertiary/aromatic N) is 8. The van der Waals surface area contributed by atoms with Gasteiger partial charge in [-0.2, -0.15) is 0 Å². The molecule has 20 heteroatoms. The van der Waals surface area contributed by atoms with E-state index in [4.69, 9.17) is 15.3 Å². The zero-order valence-corrected chi connectivity index (χ0v) is 85.4. The molecule has 0 aliphatic rings. The zero-order chi connectivity index (χ0) is 85.1. The number of hydrogen-bond acceptors (Lipinski definition) is 12. The van der Waals surface area contributed by atoms with Crippen molar-refractivity contribution in [3.63, 3.8) is 0 Å². The predicted octanol–water partition coefficient (Wildman–Crippen LogP) is 24.7. The van der Waals surface area contributed by atoms with Gasteiger partial charge in [0.15, 0.2) is 11.6 Å². The minimum absolute atomic E-state index is 0. The van der Waals surface area contributed by atoms with Gasteiger partial charge in [-0.25, -0.2) is 9.78 Å². The van der Waals surface area contributed by atoms with Gasteiger partial charge in [-0.15, -0.1) is 202 Å². The number of benzene rings is 8. The number of aliphatic hydroxyl groups is 2. The van der Waals surface area contributed by atoms with Crippen LogP contribution in [0.3, 0.4) is 0 Å². The van der Waals surface area contributed by atoms with Crippen molar-refractivity contribution in [3.8, 4) is 78.7 Å². The van der Waals surface area contributed by atoms with Crippen molar-refractivity contribution in [2.75, 3.05) is 0 Å². The molecule has 0 bridgehead atoms. The topological polar surface area (TPSA) is 207 Å². The minimum atomic E-state index is -0.990. The third kappa shape index (κ3) is 39.6. The molecule has 6 radical (unpaired) electrons.